The van der Waals surface area contributed by atoms with Crippen LogP contribution in [0.2, 0.25) is 0 Å². The maximum Gasteiger partial charge on any atom is 0.328 e. The number of rotatable bonds is 25. The first-order chi connectivity index (χ1) is 44.3. The summed E-state index contributed by atoms with van der Waals surface area (Å²) in [5, 5.41) is 27.3. The van der Waals surface area contributed by atoms with Crippen molar-refractivity contribution in [3.63, 3.8) is 0 Å². The van der Waals surface area contributed by atoms with E-state index in [0.717, 1.165) is 44.1 Å². The van der Waals surface area contributed by atoms with Crippen molar-refractivity contribution in [1.82, 2.24) is 52.1 Å². The third kappa shape index (κ3) is 21.4. The Morgan fingerprint density at radius 3 is 1.32 bits per heavy atom. The Morgan fingerprint density at radius 2 is 0.957 bits per heavy atom. The number of aliphatic hydroxyl groups is 1. The fourth-order valence-electron chi connectivity index (χ4n) is 10.7. The van der Waals surface area contributed by atoms with E-state index in [4.69, 9.17) is 18.9 Å². The molecule has 6 amide bonds. The van der Waals surface area contributed by atoms with E-state index in [1.54, 1.807) is 91.1 Å². The second-order valence-corrected chi connectivity index (χ2v) is 25.1. The molecule has 0 bridgehead atoms. The average molecular weight is 1300 g/mol. The van der Waals surface area contributed by atoms with Gasteiger partial charge in [-0.25, -0.2) is 15.6 Å². The molecule has 2 aromatic carbocycles. The van der Waals surface area contributed by atoms with E-state index in [2.05, 4.69) is 55.2 Å². The highest BCUT2D eigenvalue weighted by Gasteiger charge is 2.44. The van der Waals surface area contributed by atoms with E-state index in [1.165, 1.54) is 31.3 Å². The van der Waals surface area contributed by atoms with E-state index in [9.17, 15) is 43.5 Å². The predicted molar refractivity (Wildman–Crippen MR) is 364 cm³/mol. The maximum absolute atomic E-state index is 13.5. The van der Waals surface area contributed by atoms with E-state index >= 15 is 0 Å². The highest BCUT2D eigenvalue weighted by Crippen LogP contribution is 2.29. The molecule has 2 unspecified atom stereocenters. The van der Waals surface area contributed by atoms with Crippen LogP contribution < -0.4 is 32.1 Å². The van der Waals surface area contributed by atoms with Gasteiger partial charge in [-0.2, -0.15) is 0 Å². The number of carbonyl (C=O) groups is 8. The number of nitrogens with one attached hydrogen (secondary N) is 6. The van der Waals surface area contributed by atoms with Gasteiger partial charge in [0, 0.05) is 50.5 Å². The molecule has 7 N–H and O–H groups in total. The number of aromatic nitrogens is 2. The summed E-state index contributed by atoms with van der Waals surface area (Å²) in [7, 11) is 4.35. The van der Waals surface area contributed by atoms with Gasteiger partial charge in [-0.15, -0.1) is 0 Å². The number of ether oxygens (including phenoxy) is 4. The van der Waals surface area contributed by atoms with Gasteiger partial charge >= 0.3 is 11.9 Å². The molecule has 0 saturated carbocycles. The predicted octanol–water partition coefficient (Wildman–Crippen LogP) is 8.09. The summed E-state index contributed by atoms with van der Waals surface area (Å²) >= 11 is 0. The third-order valence-corrected chi connectivity index (χ3v) is 16.8. The van der Waals surface area contributed by atoms with Crippen molar-refractivity contribution in [3.8, 4) is 0 Å². The van der Waals surface area contributed by atoms with Gasteiger partial charge in [-0.1, -0.05) is 103 Å². The van der Waals surface area contributed by atoms with Gasteiger partial charge in [0.25, 0.3) is 11.8 Å². The number of benzene rings is 2. The Morgan fingerprint density at radius 1 is 0.564 bits per heavy atom. The second kappa shape index (κ2) is 36.4. The zero-order valence-electron chi connectivity index (χ0n) is 58.0. The highest BCUT2D eigenvalue weighted by atomic mass is 16.5. The van der Waals surface area contributed by atoms with Crippen molar-refractivity contribution >= 4 is 81.1 Å². The zero-order valence-corrected chi connectivity index (χ0v) is 58.0. The van der Waals surface area contributed by atoms with Crippen LogP contribution in [0.25, 0.3) is 33.7 Å². The summed E-state index contributed by atoms with van der Waals surface area (Å²) in [5.74, 6) is -4.80. The van der Waals surface area contributed by atoms with E-state index in [-0.39, 0.29) is 29.6 Å². The molecule has 2 aliphatic heterocycles. The molecule has 23 nitrogen and oxygen atoms in total. The van der Waals surface area contributed by atoms with Crippen molar-refractivity contribution < 1.29 is 62.4 Å². The van der Waals surface area contributed by atoms with Gasteiger partial charge in [0.2, 0.25) is 23.6 Å². The standard InChI is InChI=1S/C35H49N5O6.C23H40N4O6.C13H13NO/c1-10-13-29(45-9)22(5)31(41)38-30(21(3)4)32(42)37-23(6)33(43)40-17-12-16-35(8,39-40)34(44)46-24(7)25-14-15-26-20-36-28(11-2)19-27(26)18-25;1-9-11-17(32-7)15(4)19(28)25-18(14(2)3)20(29)24-16(5)21(30)27-13-10-12-23(6,26-27)22(31)33-8;1-3-13-7-12-6-10(9(2)15)4-5-11(12)8-14-13/h10-11,13-15,18-24,29-30,39H,2,12,16-17H2,1,3-9H3,(H,37,42)(H,38,41);9,11,14-18,26H,10,12-13H2,1-8H3,(H,24,29)(H,25,28);3-9,15H,1H2,2H3/b13-10+;11-9+;/t22-,23+,24-,29-,30+,35?;15-,16+,17-,18+,23?;9-/m111/s1. The molecule has 94 heavy (non-hydrogen) atoms. The summed E-state index contributed by atoms with van der Waals surface area (Å²) in [5.41, 5.74) is 7.18. The molecule has 2 aromatic heterocycles. The number of esters is 2. The number of fused-ring (bicyclic) bond motifs is 2. The van der Waals surface area contributed by atoms with E-state index in [0.29, 0.717) is 38.8 Å². The molecule has 0 spiro atoms. The molecule has 23 heteroatoms. The van der Waals surface area contributed by atoms with Crippen molar-refractivity contribution in [3.05, 3.63) is 121 Å². The van der Waals surface area contributed by atoms with Crippen molar-refractivity contribution in [2.45, 2.75) is 182 Å². The minimum absolute atomic E-state index is 0.207. The van der Waals surface area contributed by atoms with Gasteiger partial charge in [0.05, 0.1) is 48.6 Å². The van der Waals surface area contributed by atoms with Crippen LogP contribution in [0.15, 0.2) is 98.4 Å². The first kappa shape index (κ1) is 78.2. The van der Waals surface area contributed by atoms with Crippen LogP contribution in [0.5, 0.6) is 0 Å². The molecule has 2 saturated heterocycles. The zero-order chi connectivity index (χ0) is 70.4. The largest absolute Gasteiger partial charge is 0.468 e. The SMILES string of the molecule is C/C=C/[C@@H](OC)[C@@H](C)C(=O)N[C@H](C(=O)N[C@@H](C)C(=O)N1CCCC(C)(C(=O)OC)N1)C(C)C.C=Cc1cc2cc([C@@H](C)O)ccc2cn1.C=Cc1cc2cc([C@@H](C)OC(=O)C3(C)CCCN(C(=O)[C@H](C)NC(=O)[C@@H](NC(=O)[C@H](C)[C@@H](/C=C/C)OC)C(C)C)N3)ccc2cn1. The number of aliphatic hydroxyl groups excluding tert-OH is 1. The lowest BCUT2D eigenvalue weighted by atomic mass is 9.94. The lowest BCUT2D eigenvalue weighted by Gasteiger charge is -2.41. The van der Waals surface area contributed by atoms with Crippen LogP contribution in [0.4, 0.5) is 0 Å². The van der Waals surface area contributed by atoms with Crippen molar-refractivity contribution in [2.24, 2.45) is 23.7 Å². The topological polar surface area (TPSA) is 298 Å². The number of carbonyl (C=O) groups excluding carboxylic acids is 8. The van der Waals surface area contributed by atoms with Crippen LogP contribution in [-0.4, -0.2) is 154 Å². The van der Waals surface area contributed by atoms with Crippen LogP contribution >= 0.6 is 0 Å². The fourth-order valence-corrected chi connectivity index (χ4v) is 10.7. The van der Waals surface area contributed by atoms with Gasteiger partial charge in [0.1, 0.15) is 41.3 Å². The molecule has 6 rings (SSSR count). The first-order valence-corrected chi connectivity index (χ1v) is 32.1. The summed E-state index contributed by atoms with van der Waals surface area (Å²) < 4.78 is 21.5. The van der Waals surface area contributed by atoms with Crippen LogP contribution in [0.1, 0.15) is 157 Å². The monoisotopic (exact) mass is 1300 g/mol. The Balaban J connectivity index is 0.000000338. The molecular weight excluding hydrogens is 1200 g/mol. The number of amides is 6. The quantitative estimate of drug-likeness (QED) is 0.0244. The number of hydrogen-bond acceptors (Lipinski definition) is 17. The molecule has 2 fully saturated rings. The molecule has 4 heterocycles. The van der Waals surface area contributed by atoms with E-state index < -0.39 is 101 Å². The first-order valence-electron chi connectivity index (χ1n) is 32.1. The smallest absolute Gasteiger partial charge is 0.328 e. The minimum Gasteiger partial charge on any atom is -0.468 e. The fraction of sp³-hybridized carbons (Fsp3) is 0.521. The maximum atomic E-state index is 13.5. The van der Waals surface area contributed by atoms with Gasteiger partial charge in [-0.05, 0) is 151 Å². The van der Waals surface area contributed by atoms with Gasteiger partial charge < -0.3 is 45.3 Å². The Labute approximate surface area is 554 Å². The minimum atomic E-state index is -1.15. The summed E-state index contributed by atoms with van der Waals surface area (Å²) in [4.78, 5) is 112. The number of hydrazine groups is 2. The normalized spacial score (nSPS) is 19.7. The lowest BCUT2D eigenvalue weighted by molar-refractivity contribution is -0.164. The lowest BCUT2D eigenvalue weighted by Crippen LogP contribution is -2.65. The number of pyridine rings is 2. The van der Waals surface area contributed by atoms with Crippen LogP contribution in [0, 0.1) is 23.7 Å². The summed E-state index contributed by atoms with van der Waals surface area (Å²) in [6, 6.07) is 12.1. The molecule has 12 atom stereocenters. The molecule has 0 aliphatic carbocycles. The second-order valence-electron chi connectivity index (χ2n) is 25.1. The number of hydrogen-bond donors (Lipinski definition) is 7. The molecular formula is C71H102N10O13. The van der Waals surface area contributed by atoms with Crippen LogP contribution in [0.3, 0.4) is 0 Å². The molecule has 4 aromatic rings. The average Bonchev–Trinajstić information content (AvgIpc) is 0.967. The Bertz CT molecular complexity index is 3350. The highest BCUT2D eigenvalue weighted by molar-refractivity contribution is 5.94. The summed E-state index contributed by atoms with van der Waals surface area (Å²) in [6.07, 6.45) is 14.5. The van der Waals surface area contributed by atoms with Crippen molar-refractivity contribution in [1.29, 1.82) is 0 Å². The molecule has 2 aliphatic rings. The number of allylic oxidation sites excluding steroid dienone is 2. The molecule has 514 valence electrons. The Kier molecular flexibility index (Phi) is 30.3. The summed E-state index contributed by atoms with van der Waals surface area (Å²) in [6.45, 7) is 32.7. The van der Waals surface area contributed by atoms with Gasteiger partial charge in [-0.3, -0.25) is 53.5 Å². The van der Waals surface area contributed by atoms with Crippen molar-refractivity contribution in [2.75, 3.05) is 34.4 Å². The van der Waals surface area contributed by atoms with Gasteiger partial charge in [0.15, 0.2) is 0 Å². The number of nitrogens with zero attached hydrogens (tertiary/aromatic N) is 4. The third-order valence-electron chi connectivity index (χ3n) is 16.8. The molecule has 0 radical (unpaired) electrons. The van der Waals surface area contributed by atoms with Crippen LogP contribution in [-0.2, 0) is 57.3 Å². The van der Waals surface area contributed by atoms with E-state index in [1.807, 2.05) is 103 Å². The number of methoxy groups -OCH3 is 3. The Hall–Kier alpha value is -8.22.